The fraction of sp³-hybridized carbons (Fsp3) is 0.143. The molecule has 116 valence electrons. The van der Waals surface area contributed by atoms with Crippen LogP contribution in [0.5, 0.6) is 11.5 Å². The standard InChI is InChI=1S/C14H10F3NO4/c15-10-5-6-11(18(19)20)13(7-10)21-8-9-3-1-2-4-12(9)22-14(16)17/h1-7,14H,8H2. The van der Waals surface area contributed by atoms with Crippen molar-refractivity contribution >= 4 is 5.69 Å². The minimum Gasteiger partial charge on any atom is -0.482 e. The van der Waals surface area contributed by atoms with Crippen molar-refractivity contribution in [2.24, 2.45) is 0 Å². The van der Waals surface area contributed by atoms with Crippen molar-refractivity contribution < 1.29 is 27.6 Å². The van der Waals surface area contributed by atoms with E-state index < -0.39 is 23.0 Å². The predicted molar refractivity (Wildman–Crippen MR) is 70.5 cm³/mol. The lowest BCUT2D eigenvalue weighted by Crippen LogP contribution is -2.06. The summed E-state index contributed by atoms with van der Waals surface area (Å²) in [5, 5.41) is 10.8. The van der Waals surface area contributed by atoms with E-state index in [1.54, 1.807) is 6.07 Å². The maximum Gasteiger partial charge on any atom is 0.387 e. The minimum absolute atomic E-state index is 0.114. The summed E-state index contributed by atoms with van der Waals surface area (Å²) in [7, 11) is 0. The summed E-state index contributed by atoms with van der Waals surface area (Å²) < 4.78 is 47.2. The lowest BCUT2D eigenvalue weighted by molar-refractivity contribution is -0.386. The summed E-state index contributed by atoms with van der Waals surface area (Å²) in [4.78, 5) is 10.1. The van der Waals surface area contributed by atoms with Gasteiger partial charge in [0, 0.05) is 17.7 Å². The van der Waals surface area contributed by atoms with Gasteiger partial charge in [-0.3, -0.25) is 10.1 Å². The number of alkyl halides is 2. The molecule has 0 saturated carbocycles. The quantitative estimate of drug-likeness (QED) is 0.599. The van der Waals surface area contributed by atoms with Gasteiger partial charge in [0.05, 0.1) is 4.92 Å². The monoisotopic (exact) mass is 313 g/mol. The number of para-hydroxylation sites is 1. The minimum atomic E-state index is -3.01. The normalized spacial score (nSPS) is 10.5. The van der Waals surface area contributed by atoms with Crippen LogP contribution in [0.25, 0.3) is 0 Å². The average Bonchev–Trinajstić information content (AvgIpc) is 2.45. The number of nitro benzene ring substituents is 1. The smallest absolute Gasteiger partial charge is 0.387 e. The van der Waals surface area contributed by atoms with E-state index in [-0.39, 0.29) is 23.7 Å². The number of benzene rings is 2. The summed E-state index contributed by atoms with van der Waals surface area (Å²) in [6.45, 7) is -3.29. The van der Waals surface area contributed by atoms with Crippen LogP contribution in [0.1, 0.15) is 5.56 Å². The van der Waals surface area contributed by atoms with Crippen LogP contribution in [-0.2, 0) is 6.61 Å². The first-order chi connectivity index (χ1) is 10.5. The van der Waals surface area contributed by atoms with Gasteiger partial charge in [-0.15, -0.1) is 0 Å². The Morgan fingerprint density at radius 2 is 1.86 bits per heavy atom. The van der Waals surface area contributed by atoms with Crippen LogP contribution < -0.4 is 9.47 Å². The molecule has 0 bridgehead atoms. The number of halogens is 3. The lowest BCUT2D eigenvalue weighted by atomic mass is 10.2. The van der Waals surface area contributed by atoms with Crippen LogP contribution in [0.3, 0.4) is 0 Å². The Morgan fingerprint density at radius 3 is 2.55 bits per heavy atom. The highest BCUT2D eigenvalue weighted by Crippen LogP contribution is 2.29. The molecule has 8 heteroatoms. The van der Waals surface area contributed by atoms with E-state index in [2.05, 4.69) is 4.74 Å². The molecule has 0 aliphatic heterocycles. The van der Waals surface area contributed by atoms with E-state index in [9.17, 15) is 23.3 Å². The van der Waals surface area contributed by atoms with E-state index in [0.29, 0.717) is 0 Å². The molecule has 22 heavy (non-hydrogen) atoms. The molecule has 0 saturated heterocycles. The van der Waals surface area contributed by atoms with Gasteiger partial charge in [0.1, 0.15) is 18.2 Å². The van der Waals surface area contributed by atoms with Crippen molar-refractivity contribution in [3.63, 3.8) is 0 Å². The summed E-state index contributed by atoms with van der Waals surface area (Å²) in [6, 6.07) is 8.58. The molecule has 5 nitrogen and oxygen atoms in total. The van der Waals surface area contributed by atoms with Gasteiger partial charge in [-0.2, -0.15) is 8.78 Å². The first-order valence-electron chi connectivity index (χ1n) is 6.07. The first-order valence-corrected chi connectivity index (χ1v) is 6.07. The van der Waals surface area contributed by atoms with Crippen LogP contribution in [-0.4, -0.2) is 11.5 Å². The number of nitrogens with zero attached hydrogens (tertiary/aromatic N) is 1. The summed E-state index contributed by atoms with van der Waals surface area (Å²) in [6.07, 6.45) is 0. The molecule has 0 amide bonds. The Labute approximate surface area is 123 Å². The topological polar surface area (TPSA) is 61.6 Å². The van der Waals surface area contributed by atoms with Gasteiger partial charge in [0.2, 0.25) is 0 Å². The van der Waals surface area contributed by atoms with E-state index in [0.717, 1.165) is 18.2 Å². The molecule has 2 rings (SSSR count). The first kappa shape index (κ1) is 15.6. The maximum absolute atomic E-state index is 13.2. The van der Waals surface area contributed by atoms with Gasteiger partial charge < -0.3 is 9.47 Å². The third kappa shape index (κ3) is 3.87. The molecule has 2 aromatic rings. The second kappa shape index (κ2) is 6.79. The van der Waals surface area contributed by atoms with Crippen molar-refractivity contribution in [1.29, 1.82) is 0 Å². The van der Waals surface area contributed by atoms with E-state index >= 15 is 0 Å². The Balaban J connectivity index is 2.20. The molecule has 2 aromatic carbocycles. The van der Waals surface area contributed by atoms with Gasteiger partial charge in [-0.25, -0.2) is 4.39 Å². The van der Waals surface area contributed by atoms with Crippen LogP contribution in [0.2, 0.25) is 0 Å². The number of nitro groups is 1. The number of hydrogen-bond acceptors (Lipinski definition) is 4. The Morgan fingerprint density at radius 1 is 1.14 bits per heavy atom. The summed E-state index contributed by atoms with van der Waals surface area (Å²) >= 11 is 0. The second-order valence-electron chi connectivity index (χ2n) is 4.14. The van der Waals surface area contributed by atoms with Crippen molar-refractivity contribution in [2.45, 2.75) is 13.2 Å². The molecular weight excluding hydrogens is 303 g/mol. The highest BCUT2D eigenvalue weighted by Gasteiger charge is 2.17. The number of hydrogen-bond donors (Lipinski definition) is 0. The molecule has 0 heterocycles. The third-order valence-electron chi connectivity index (χ3n) is 2.69. The van der Waals surface area contributed by atoms with E-state index in [1.807, 2.05) is 0 Å². The van der Waals surface area contributed by atoms with Gasteiger partial charge in [-0.1, -0.05) is 18.2 Å². The predicted octanol–water partition coefficient (Wildman–Crippen LogP) is 3.91. The van der Waals surface area contributed by atoms with Crippen molar-refractivity contribution in [1.82, 2.24) is 0 Å². The Hall–Kier alpha value is -2.77. The van der Waals surface area contributed by atoms with Gasteiger partial charge in [0.15, 0.2) is 5.75 Å². The molecule has 0 aromatic heterocycles. The molecular formula is C14H10F3NO4. The van der Waals surface area contributed by atoms with Crippen LogP contribution in [0.4, 0.5) is 18.9 Å². The SMILES string of the molecule is O=[N+]([O-])c1ccc(F)cc1OCc1ccccc1OC(F)F. The van der Waals surface area contributed by atoms with Gasteiger partial charge >= 0.3 is 12.3 Å². The van der Waals surface area contributed by atoms with Crippen molar-refractivity contribution in [3.05, 3.63) is 64.0 Å². The van der Waals surface area contributed by atoms with Crippen molar-refractivity contribution in [3.8, 4) is 11.5 Å². The maximum atomic E-state index is 13.2. The number of rotatable bonds is 6. The van der Waals surface area contributed by atoms with Crippen LogP contribution in [0.15, 0.2) is 42.5 Å². The molecule has 0 spiro atoms. The van der Waals surface area contributed by atoms with Crippen LogP contribution in [0, 0.1) is 15.9 Å². The van der Waals surface area contributed by atoms with Crippen molar-refractivity contribution in [2.75, 3.05) is 0 Å². The summed E-state index contributed by atoms with van der Waals surface area (Å²) in [5.74, 6) is -1.12. The molecule has 0 aliphatic carbocycles. The van der Waals surface area contributed by atoms with Crippen LogP contribution >= 0.6 is 0 Å². The highest BCUT2D eigenvalue weighted by atomic mass is 19.3. The molecule has 0 N–H and O–H groups in total. The Bertz CT molecular complexity index is 679. The zero-order chi connectivity index (χ0) is 16.1. The fourth-order valence-electron chi connectivity index (χ4n) is 1.74. The zero-order valence-electron chi connectivity index (χ0n) is 11.0. The Kier molecular flexibility index (Phi) is 4.82. The van der Waals surface area contributed by atoms with E-state index in [4.69, 9.17) is 4.74 Å². The molecule has 0 fully saturated rings. The third-order valence-corrected chi connectivity index (χ3v) is 2.69. The fourth-order valence-corrected chi connectivity index (χ4v) is 1.74. The molecule has 0 unspecified atom stereocenters. The van der Waals surface area contributed by atoms with Gasteiger partial charge in [-0.05, 0) is 12.1 Å². The highest BCUT2D eigenvalue weighted by molar-refractivity contribution is 5.46. The number of ether oxygens (including phenoxy) is 2. The lowest BCUT2D eigenvalue weighted by Gasteiger charge is -2.11. The zero-order valence-corrected chi connectivity index (χ0v) is 11.0. The molecule has 0 aliphatic rings. The van der Waals surface area contributed by atoms with E-state index in [1.165, 1.54) is 18.2 Å². The van der Waals surface area contributed by atoms with Gasteiger partial charge in [0.25, 0.3) is 0 Å². The average molecular weight is 313 g/mol. The second-order valence-corrected chi connectivity index (χ2v) is 4.14. The summed E-state index contributed by atoms with van der Waals surface area (Å²) in [5.41, 5.74) is -0.171. The largest absolute Gasteiger partial charge is 0.482 e. The molecule has 0 radical (unpaired) electrons. The molecule has 0 atom stereocenters.